The van der Waals surface area contributed by atoms with Gasteiger partial charge >= 0.3 is 0 Å². The Morgan fingerprint density at radius 1 is 1.39 bits per heavy atom. The van der Waals surface area contributed by atoms with Gasteiger partial charge in [0.25, 0.3) is 0 Å². The summed E-state index contributed by atoms with van der Waals surface area (Å²) in [6.45, 7) is 0.808. The van der Waals surface area contributed by atoms with Crippen molar-refractivity contribution in [3.8, 4) is 5.75 Å². The molecule has 0 saturated heterocycles. The molecule has 1 aromatic heterocycles. The fourth-order valence-corrected chi connectivity index (χ4v) is 1.96. The summed E-state index contributed by atoms with van der Waals surface area (Å²) in [5.74, 6) is 1.70. The highest BCUT2D eigenvalue weighted by Gasteiger charge is 2.00. The first-order valence-corrected chi connectivity index (χ1v) is 6.41. The number of halogens is 1. The van der Waals surface area contributed by atoms with E-state index >= 15 is 0 Å². The monoisotopic (exact) mass is 307 g/mol. The predicted octanol–water partition coefficient (Wildman–Crippen LogP) is 2.90. The molecule has 5 heteroatoms. The van der Waals surface area contributed by atoms with Gasteiger partial charge in [0.05, 0.1) is 11.6 Å². The molecule has 1 aromatic carbocycles. The van der Waals surface area contributed by atoms with E-state index in [0.29, 0.717) is 0 Å². The van der Waals surface area contributed by atoms with Gasteiger partial charge in [-0.25, -0.2) is 9.97 Å². The van der Waals surface area contributed by atoms with Crippen LogP contribution in [0.1, 0.15) is 5.56 Å². The number of methoxy groups -OCH3 is 1. The molecule has 0 unspecified atom stereocenters. The summed E-state index contributed by atoms with van der Waals surface area (Å²) in [7, 11) is 1.68. The van der Waals surface area contributed by atoms with Gasteiger partial charge in [-0.1, -0.05) is 12.1 Å². The standard InChI is InChI=1S/C13H14BrN3O/c1-18-11-4-2-3-10(7-11)5-6-16-13-12(14)8-15-9-17-13/h2-4,7-9H,5-6H2,1H3,(H,15,16,17). The van der Waals surface area contributed by atoms with Crippen molar-refractivity contribution in [2.45, 2.75) is 6.42 Å². The van der Waals surface area contributed by atoms with Crippen LogP contribution in [0.4, 0.5) is 5.82 Å². The van der Waals surface area contributed by atoms with Crippen molar-refractivity contribution >= 4 is 21.7 Å². The molecule has 0 aliphatic carbocycles. The molecule has 4 nitrogen and oxygen atoms in total. The molecule has 1 heterocycles. The lowest BCUT2D eigenvalue weighted by atomic mass is 10.1. The van der Waals surface area contributed by atoms with Crippen molar-refractivity contribution in [1.29, 1.82) is 0 Å². The summed E-state index contributed by atoms with van der Waals surface area (Å²) in [5.41, 5.74) is 1.23. The Labute approximate surface area is 115 Å². The summed E-state index contributed by atoms with van der Waals surface area (Å²) < 4.78 is 6.06. The van der Waals surface area contributed by atoms with Crippen molar-refractivity contribution in [2.24, 2.45) is 0 Å². The Bertz CT molecular complexity index is 519. The maximum Gasteiger partial charge on any atom is 0.143 e. The molecule has 94 valence electrons. The van der Waals surface area contributed by atoms with Crippen molar-refractivity contribution < 1.29 is 4.74 Å². The molecule has 0 bridgehead atoms. The average molecular weight is 308 g/mol. The Kier molecular flexibility index (Phi) is 4.52. The minimum Gasteiger partial charge on any atom is -0.497 e. The normalized spacial score (nSPS) is 10.1. The largest absolute Gasteiger partial charge is 0.497 e. The van der Waals surface area contributed by atoms with Crippen LogP contribution in [-0.4, -0.2) is 23.6 Å². The van der Waals surface area contributed by atoms with Crippen LogP contribution in [0.25, 0.3) is 0 Å². The van der Waals surface area contributed by atoms with Gasteiger partial charge < -0.3 is 10.1 Å². The molecule has 0 aliphatic heterocycles. The topological polar surface area (TPSA) is 47.0 Å². The minimum atomic E-state index is 0.808. The SMILES string of the molecule is COc1cccc(CCNc2ncncc2Br)c1. The number of benzene rings is 1. The third kappa shape index (κ3) is 3.43. The summed E-state index contributed by atoms with van der Waals surface area (Å²) in [5, 5.41) is 3.26. The zero-order valence-electron chi connectivity index (χ0n) is 10.1. The second-order valence-electron chi connectivity index (χ2n) is 3.75. The zero-order valence-corrected chi connectivity index (χ0v) is 11.6. The Morgan fingerprint density at radius 3 is 3.06 bits per heavy atom. The predicted molar refractivity (Wildman–Crippen MR) is 74.9 cm³/mol. The van der Waals surface area contributed by atoms with E-state index in [2.05, 4.69) is 37.3 Å². The van der Waals surface area contributed by atoms with Crippen LogP contribution in [0.5, 0.6) is 5.75 Å². The van der Waals surface area contributed by atoms with Crippen LogP contribution in [-0.2, 0) is 6.42 Å². The van der Waals surface area contributed by atoms with Crippen LogP contribution in [0.15, 0.2) is 41.3 Å². The lowest BCUT2D eigenvalue weighted by molar-refractivity contribution is 0.414. The van der Waals surface area contributed by atoms with Crippen molar-refractivity contribution in [3.63, 3.8) is 0 Å². The molecule has 2 rings (SSSR count). The fourth-order valence-electron chi connectivity index (χ4n) is 1.60. The maximum absolute atomic E-state index is 5.19. The molecule has 0 aliphatic rings. The summed E-state index contributed by atoms with van der Waals surface area (Å²) in [6.07, 6.45) is 4.16. The van der Waals surface area contributed by atoms with Gasteiger partial charge in [-0.3, -0.25) is 0 Å². The maximum atomic E-state index is 5.19. The van der Waals surface area contributed by atoms with E-state index < -0.39 is 0 Å². The minimum absolute atomic E-state index is 0.808. The highest BCUT2D eigenvalue weighted by Crippen LogP contribution is 2.17. The average Bonchev–Trinajstić information content (AvgIpc) is 2.41. The van der Waals surface area contributed by atoms with Crippen LogP contribution < -0.4 is 10.1 Å². The van der Waals surface area contributed by atoms with Crippen LogP contribution in [0.2, 0.25) is 0 Å². The smallest absolute Gasteiger partial charge is 0.143 e. The van der Waals surface area contributed by atoms with Gasteiger partial charge in [-0.05, 0) is 40.0 Å². The Hall–Kier alpha value is -1.62. The van der Waals surface area contributed by atoms with Gasteiger partial charge in [0.1, 0.15) is 17.9 Å². The van der Waals surface area contributed by atoms with E-state index in [1.54, 1.807) is 13.3 Å². The van der Waals surface area contributed by atoms with Gasteiger partial charge in [-0.2, -0.15) is 0 Å². The summed E-state index contributed by atoms with van der Waals surface area (Å²) >= 11 is 3.40. The number of hydrogen-bond acceptors (Lipinski definition) is 4. The molecular formula is C13H14BrN3O. The number of ether oxygens (including phenoxy) is 1. The van der Waals surface area contributed by atoms with Gasteiger partial charge in [0, 0.05) is 12.7 Å². The summed E-state index contributed by atoms with van der Waals surface area (Å²) in [4.78, 5) is 8.07. The van der Waals surface area contributed by atoms with Crippen molar-refractivity contribution in [1.82, 2.24) is 9.97 Å². The van der Waals surface area contributed by atoms with Gasteiger partial charge in [0.2, 0.25) is 0 Å². The number of anilines is 1. The van der Waals surface area contributed by atoms with E-state index in [-0.39, 0.29) is 0 Å². The number of aromatic nitrogens is 2. The molecule has 0 fully saturated rings. The Morgan fingerprint density at radius 2 is 2.28 bits per heavy atom. The fraction of sp³-hybridized carbons (Fsp3) is 0.231. The van der Waals surface area contributed by atoms with Gasteiger partial charge in [0.15, 0.2) is 0 Å². The third-order valence-corrected chi connectivity index (χ3v) is 3.09. The second-order valence-corrected chi connectivity index (χ2v) is 4.60. The Balaban J connectivity index is 1.90. The lowest BCUT2D eigenvalue weighted by Gasteiger charge is -2.07. The van der Waals surface area contributed by atoms with E-state index in [1.165, 1.54) is 11.9 Å². The molecule has 1 N–H and O–H groups in total. The summed E-state index contributed by atoms with van der Waals surface area (Å²) in [6, 6.07) is 8.06. The van der Waals surface area contributed by atoms with Crippen LogP contribution >= 0.6 is 15.9 Å². The quantitative estimate of drug-likeness (QED) is 0.922. The first-order valence-electron chi connectivity index (χ1n) is 5.62. The molecule has 0 atom stereocenters. The number of rotatable bonds is 5. The molecule has 0 radical (unpaired) electrons. The molecular weight excluding hydrogens is 294 g/mol. The highest BCUT2D eigenvalue weighted by atomic mass is 79.9. The van der Waals surface area contributed by atoms with E-state index in [0.717, 1.165) is 29.0 Å². The number of hydrogen-bond donors (Lipinski definition) is 1. The number of nitrogens with one attached hydrogen (secondary N) is 1. The molecule has 2 aromatic rings. The van der Waals surface area contributed by atoms with E-state index in [1.807, 2.05) is 18.2 Å². The van der Waals surface area contributed by atoms with E-state index in [9.17, 15) is 0 Å². The zero-order chi connectivity index (χ0) is 12.8. The van der Waals surface area contributed by atoms with Crippen molar-refractivity contribution in [2.75, 3.05) is 19.0 Å². The van der Waals surface area contributed by atoms with Crippen LogP contribution in [0.3, 0.4) is 0 Å². The van der Waals surface area contributed by atoms with E-state index in [4.69, 9.17) is 4.74 Å². The molecule has 0 spiro atoms. The van der Waals surface area contributed by atoms with Crippen LogP contribution in [0, 0.1) is 0 Å². The van der Waals surface area contributed by atoms with Gasteiger partial charge in [-0.15, -0.1) is 0 Å². The second kappa shape index (κ2) is 6.35. The highest BCUT2D eigenvalue weighted by molar-refractivity contribution is 9.10. The first kappa shape index (κ1) is 12.8. The van der Waals surface area contributed by atoms with Crippen molar-refractivity contribution in [3.05, 3.63) is 46.8 Å². The number of nitrogens with zero attached hydrogens (tertiary/aromatic N) is 2. The molecule has 0 saturated carbocycles. The molecule has 0 amide bonds. The molecule has 18 heavy (non-hydrogen) atoms. The first-order chi connectivity index (χ1) is 8.79. The lowest BCUT2D eigenvalue weighted by Crippen LogP contribution is -2.07. The third-order valence-electron chi connectivity index (χ3n) is 2.51.